The zero-order valence-electron chi connectivity index (χ0n) is 17.0. The molecule has 0 fully saturated rings. The summed E-state index contributed by atoms with van der Waals surface area (Å²) in [6.07, 6.45) is 7.37. The van der Waals surface area contributed by atoms with Crippen molar-refractivity contribution >= 4 is 11.8 Å². The maximum atomic E-state index is 12.7. The molecule has 29 heavy (non-hydrogen) atoms. The molecule has 0 saturated carbocycles. The van der Waals surface area contributed by atoms with Gasteiger partial charge in [0.05, 0.1) is 12.6 Å². The Balaban J connectivity index is 2.03. The monoisotopic (exact) mass is 404 g/mol. The Bertz CT molecular complexity index is 650. The predicted octanol–water partition coefficient (Wildman–Crippen LogP) is 2.59. The Kier molecular flexibility index (Phi) is 10.4. The molecule has 7 nitrogen and oxygen atoms in total. The van der Waals surface area contributed by atoms with Crippen LogP contribution < -0.4 is 10.8 Å². The topological polar surface area (TPSA) is 96.9 Å². The molecule has 1 aliphatic rings. The number of ether oxygens (including phenoxy) is 2. The van der Waals surface area contributed by atoms with Gasteiger partial charge in [-0.05, 0) is 44.6 Å². The van der Waals surface area contributed by atoms with E-state index in [1.807, 2.05) is 43.3 Å². The smallest absolute Gasteiger partial charge is 0.246 e. The number of benzene rings is 1. The van der Waals surface area contributed by atoms with Gasteiger partial charge in [-0.15, -0.1) is 0 Å². The Morgan fingerprint density at radius 2 is 2.00 bits per heavy atom. The molecule has 7 heteroatoms. The highest BCUT2D eigenvalue weighted by atomic mass is 16.7. The minimum atomic E-state index is -0.505. The van der Waals surface area contributed by atoms with E-state index in [-0.39, 0.29) is 31.3 Å². The molecule has 2 amide bonds. The molecular weight excluding hydrogens is 372 g/mol. The number of amides is 2. The first-order chi connectivity index (χ1) is 14.1. The first-order valence-corrected chi connectivity index (χ1v) is 10.2. The molecule has 0 radical (unpaired) electrons. The fourth-order valence-electron chi connectivity index (χ4n) is 3.47. The number of rotatable bonds is 12. The van der Waals surface area contributed by atoms with Crippen molar-refractivity contribution in [3.05, 3.63) is 48.0 Å². The molecule has 1 aromatic rings. The summed E-state index contributed by atoms with van der Waals surface area (Å²) >= 11 is 0. The van der Waals surface area contributed by atoms with E-state index in [0.717, 1.165) is 24.8 Å². The standard InChI is InChI=1S/C22H32N2O5/c1-2-28-16-29-15-20(23-21(25)18-11-7-4-8-12-18)14-19(22(26)24-27)13-17-9-5-3-6-10-17/h3-7,9-10,18-20,27H,2,8,11-16H2,1H3,(H,23,25)(H,24,26)/t18?,19-,20-/m0/s1. The van der Waals surface area contributed by atoms with Gasteiger partial charge in [-0.3, -0.25) is 14.8 Å². The summed E-state index contributed by atoms with van der Waals surface area (Å²) < 4.78 is 10.8. The highest BCUT2D eigenvalue weighted by Gasteiger charge is 2.27. The van der Waals surface area contributed by atoms with E-state index in [4.69, 9.17) is 9.47 Å². The maximum Gasteiger partial charge on any atom is 0.246 e. The van der Waals surface area contributed by atoms with Crippen LogP contribution in [-0.4, -0.2) is 43.1 Å². The van der Waals surface area contributed by atoms with Crippen LogP contribution in [-0.2, 0) is 25.5 Å². The zero-order valence-corrected chi connectivity index (χ0v) is 17.0. The molecule has 160 valence electrons. The molecule has 0 aliphatic heterocycles. The Morgan fingerprint density at radius 1 is 1.21 bits per heavy atom. The van der Waals surface area contributed by atoms with Gasteiger partial charge in [-0.2, -0.15) is 0 Å². The molecule has 3 N–H and O–H groups in total. The van der Waals surface area contributed by atoms with E-state index >= 15 is 0 Å². The third-order valence-corrected chi connectivity index (χ3v) is 5.05. The average molecular weight is 405 g/mol. The second kappa shape index (κ2) is 13.1. The number of allylic oxidation sites excluding steroid dienone is 2. The zero-order chi connectivity index (χ0) is 20.9. The summed E-state index contributed by atoms with van der Waals surface area (Å²) in [5, 5.41) is 12.2. The number of hydrogen-bond donors (Lipinski definition) is 3. The Labute approximate surface area is 172 Å². The molecule has 2 rings (SSSR count). The Morgan fingerprint density at radius 3 is 2.66 bits per heavy atom. The fraction of sp³-hybridized carbons (Fsp3) is 0.545. The third kappa shape index (κ3) is 8.35. The van der Waals surface area contributed by atoms with Gasteiger partial charge in [0.25, 0.3) is 0 Å². The molecule has 1 unspecified atom stereocenters. The largest absolute Gasteiger partial charge is 0.356 e. The van der Waals surface area contributed by atoms with Crippen molar-refractivity contribution in [2.75, 3.05) is 20.0 Å². The van der Waals surface area contributed by atoms with Crippen LogP contribution in [0, 0.1) is 11.8 Å². The summed E-state index contributed by atoms with van der Waals surface area (Å²) in [4.78, 5) is 25.0. The fourth-order valence-corrected chi connectivity index (χ4v) is 3.47. The highest BCUT2D eigenvalue weighted by molar-refractivity contribution is 5.80. The minimum absolute atomic E-state index is 0.0257. The minimum Gasteiger partial charge on any atom is -0.356 e. The first kappa shape index (κ1) is 23.1. The second-order valence-corrected chi connectivity index (χ2v) is 7.27. The Hall–Kier alpha value is -2.22. The lowest BCUT2D eigenvalue weighted by Gasteiger charge is -2.26. The molecule has 1 aromatic carbocycles. The molecule has 0 aromatic heterocycles. The van der Waals surface area contributed by atoms with Crippen LogP contribution in [0.1, 0.15) is 38.2 Å². The van der Waals surface area contributed by atoms with Gasteiger partial charge in [-0.25, -0.2) is 5.48 Å². The van der Waals surface area contributed by atoms with E-state index < -0.39 is 11.8 Å². The number of carbonyl (C=O) groups is 2. The summed E-state index contributed by atoms with van der Waals surface area (Å²) in [7, 11) is 0. The molecule has 0 spiro atoms. The van der Waals surface area contributed by atoms with E-state index in [9.17, 15) is 14.8 Å². The molecule has 3 atom stereocenters. The van der Waals surface area contributed by atoms with Gasteiger partial charge in [0.2, 0.25) is 11.8 Å². The van der Waals surface area contributed by atoms with Crippen molar-refractivity contribution < 1.29 is 24.3 Å². The van der Waals surface area contributed by atoms with Crippen LogP contribution in [0.3, 0.4) is 0 Å². The van der Waals surface area contributed by atoms with Gasteiger partial charge in [-0.1, -0.05) is 42.5 Å². The van der Waals surface area contributed by atoms with E-state index in [1.54, 1.807) is 5.48 Å². The molecule has 0 bridgehead atoms. The number of carbonyl (C=O) groups excluding carboxylic acids is 2. The van der Waals surface area contributed by atoms with Crippen molar-refractivity contribution in [1.29, 1.82) is 0 Å². The maximum absolute atomic E-state index is 12.7. The number of hydroxylamine groups is 1. The molecule has 0 saturated heterocycles. The molecule has 0 heterocycles. The summed E-state index contributed by atoms with van der Waals surface area (Å²) in [5.41, 5.74) is 2.74. The number of nitrogens with one attached hydrogen (secondary N) is 2. The van der Waals surface area contributed by atoms with E-state index in [1.165, 1.54) is 0 Å². The van der Waals surface area contributed by atoms with Crippen LogP contribution in [0.5, 0.6) is 0 Å². The van der Waals surface area contributed by atoms with Crippen molar-refractivity contribution in [2.45, 2.75) is 45.1 Å². The van der Waals surface area contributed by atoms with Crippen LogP contribution in [0.4, 0.5) is 0 Å². The van der Waals surface area contributed by atoms with Crippen LogP contribution in [0.25, 0.3) is 0 Å². The first-order valence-electron chi connectivity index (χ1n) is 10.2. The number of hydrogen-bond acceptors (Lipinski definition) is 5. The quantitative estimate of drug-likeness (QED) is 0.164. The van der Waals surface area contributed by atoms with Crippen LogP contribution in [0.2, 0.25) is 0 Å². The van der Waals surface area contributed by atoms with Crippen LogP contribution >= 0.6 is 0 Å². The highest BCUT2D eigenvalue weighted by Crippen LogP contribution is 2.20. The van der Waals surface area contributed by atoms with Gasteiger partial charge < -0.3 is 14.8 Å². The van der Waals surface area contributed by atoms with Crippen molar-refractivity contribution in [1.82, 2.24) is 10.8 Å². The van der Waals surface area contributed by atoms with Gasteiger partial charge in [0.15, 0.2) is 0 Å². The van der Waals surface area contributed by atoms with Crippen molar-refractivity contribution in [2.24, 2.45) is 11.8 Å². The normalized spacial score (nSPS) is 18.1. The van der Waals surface area contributed by atoms with Gasteiger partial charge >= 0.3 is 0 Å². The lowest BCUT2D eigenvalue weighted by Crippen LogP contribution is -2.45. The summed E-state index contributed by atoms with van der Waals surface area (Å²) in [5.74, 6) is -1.07. The second-order valence-electron chi connectivity index (χ2n) is 7.27. The van der Waals surface area contributed by atoms with Crippen LogP contribution in [0.15, 0.2) is 42.5 Å². The summed E-state index contributed by atoms with van der Waals surface area (Å²) in [6, 6.07) is 9.23. The van der Waals surface area contributed by atoms with Gasteiger partial charge in [0.1, 0.15) is 6.79 Å². The summed E-state index contributed by atoms with van der Waals surface area (Å²) in [6.45, 7) is 2.78. The SMILES string of the molecule is CCOCOC[C@H](C[C@H](Cc1ccccc1)C(=O)NO)NC(=O)C1CC=CCC1. The van der Waals surface area contributed by atoms with Crippen molar-refractivity contribution in [3.63, 3.8) is 0 Å². The molecule has 1 aliphatic carbocycles. The third-order valence-electron chi connectivity index (χ3n) is 5.05. The average Bonchev–Trinajstić information content (AvgIpc) is 2.76. The van der Waals surface area contributed by atoms with Gasteiger partial charge in [0, 0.05) is 18.4 Å². The lowest BCUT2D eigenvalue weighted by molar-refractivity contribution is -0.135. The predicted molar refractivity (Wildman–Crippen MR) is 109 cm³/mol. The van der Waals surface area contributed by atoms with Crippen molar-refractivity contribution in [3.8, 4) is 0 Å². The van der Waals surface area contributed by atoms with E-state index in [2.05, 4.69) is 11.4 Å². The van der Waals surface area contributed by atoms with E-state index in [0.29, 0.717) is 19.4 Å². The lowest BCUT2D eigenvalue weighted by atomic mass is 9.90. The molecular formula is C22H32N2O5.